The Balaban J connectivity index is 0.000000500. The lowest BCUT2D eigenvalue weighted by atomic mass is 10.3. The highest BCUT2D eigenvalue weighted by Gasteiger charge is 2.02. The third-order valence-corrected chi connectivity index (χ3v) is 1.62. The topological polar surface area (TPSA) is 20.3 Å². The molecule has 1 rings (SSSR count). The molecule has 0 saturated carbocycles. The molecule has 1 amide bonds. The van der Waals surface area contributed by atoms with Crippen molar-refractivity contribution in [1.82, 2.24) is 0 Å². The molecule has 1 aromatic carbocycles. The number of carbonyl (C=O) groups is 1. The zero-order chi connectivity index (χ0) is 11.0. The van der Waals surface area contributed by atoms with E-state index in [1.54, 1.807) is 18.9 Å². The van der Waals surface area contributed by atoms with Gasteiger partial charge in [-0.25, -0.2) is 0 Å². The minimum absolute atomic E-state index is 0.0520. The van der Waals surface area contributed by atoms with E-state index in [9.17, 15) is 4.79 Å². The fourth-order valence-electron chi connectivity index (χ4n) is 0.833. The average Bonchev–Trinajstić information content (AvgIpc) is 2.19. The summed E-state index contributed by atoms with van der Waals surface area (Å²) in [5, 5.41) is 0. The van der Waals surface area contributed by atoms with Crippen molar-refractivity contribution in [2.45, 2.75) is 27.2 Å². The summed E-state index contributed by atoms with van der Waals surface area (Å²) in [7, 11) is 1.76. The molecule has 2 heteroatoms. The highest BCUT2D eigenvalue weighted by Crippen LogP contribution is 2.10. The van der Waals surface area contributed by atoms with Crippen LogP contribution in [0.25, 0.3) is 0 Å². The van der Waals surface area contributed by atoms with Crippen LogP contribution in [0.4, 0.5) is 5.69 Å². The van der Waals surface area contributed by atoms with Crippen molar-refractivity contribution < 1.29 is 4.79 Å². The summed E-state index contributed by atoms with van der Waals surface area (Å²) >= 11 is 0. The highest BCUT2D eigenvalue weighted by molar-refractivity contribution is 5.90. The second-order valence-corrected chi connectivity index (χ2v) is 3.12. The molecule has 14 heavy (non-hydrogen) atoms. The van der Waals surface area contributed by atoms with E-state index in [1.807, 2.05) is 30.3 Å². The number of nitrogens with zero attached hydrogens (tertiary/aromatic N) is 1. The van der Waals surface area contributed by atoms with Crippen LogP contribution in [-0.2, 0) is 4.79 Å². The molecule has 0 saturated heterocycles. The Morgan fingerprint density at radius 2 is 1.64 bits per heavy atom. The zero-order valence-electron chi connectivity index (χ0n) is 9.45. The van der Waals surface area contributed by atoms with Gasteiger partial charge in [-0.05, 0) is 12.1 Å². The standard InChI is InChI=1S/C9H11NO.C3H8/c1-8(11)10(2)9-6-4-3-5-7-9;1-3-2/h3-7H,1-2H3;3H2,1-2H3. The first kappa shape index (κ1) is 12.7. The summed E-state index contributed by atoms with van der Waals surface area (Å²) in [4.78, 5) is 12.5. The van der Waals surface area contributed by atoms with Crippen LogP contribution in [0.2, 0.25) is 0 Å². The molecule has 0 spiro atoms. The minimum atomic E-state index is 0.0520. The van der Waals surface area contributed by atoms with Gasteiger partial charge in [0.25, 0.3) is 0 Å². The summed E-state index contributed by atoms with van der Waals surface area (Å²) in [5.41, 5.74) is 0.931. The van der Waals surface area contributed by atoms with E-state index in [0.29, 0.717) is 0 Å². The molecule has 0 radical (unpaired) electrons. The molecule has 0 N–H and O–H groups in total. The molecule has 0 aliphatic heterocycles. The molecule has 0 heterocycles. The van der Waals surface area contributed by atoms with Gasteiger partial charge in [-0.2, -0.15) is 0 Å². The van der Waals surface area contributed by atoms with Crippen LogP contribution in [0.15, 0.2) is 30.3 Å². The summed E-state index contributed by atoms with van der Waals surface area (Å²) in [6.45, 7) is 5.80. The fraction of sp³-hybridized carbons (Fsp3) is 0.417. The number of amides is 1. The molecule has 78 valence electrons. The van der Waals surface area contributed by atoms with Gasteiger partial charge in [-0.15, -0.1) is 0 Å². The molecule has 0 aromatic heterocycles. The number of hydrogen-bond acceptors (Lipinski definition) is 1. The summed E-state index contributed by atoms with van der Waals surface area (Å²) in [6.07, 6.45) is 1.25. The molecule has 0 bridgehead atoms. The summed E-state index contributed by atoms with van der Waals surface area (Å²) in [6, 6.07) is 9.56. The second-order valence-electron chi connectivity index (χ2n) is 3.12. The van der Waals surface area contributed by atoms with Gasteiger partial charge in [0.1, 0.15) is 0 Å². The first-order chi connectivity index (χ1) is 6.63. The van der Waals surface area contributed by atoms with Gasteiger partial charge in [-0.3, -0.25) is 4.79 Å². The average molecular weight is 193 g/mol. The van der Waals surface area contributed by atoms with Crippen molar-refractivity contribution in [3.63, 3.8) is 0 Å². The lowest BCUT2D eigenvalue weighted by Gasteiger charge is -2.13. The lowest BCUT2D eigenvalue weighted by molar-refractivity contribution is -0.116. The van der Waals surface area contributed by atoms with E-state index in [0.717, 1.165) is 5.69 Å². The van der Waals surface area contributed by atoms with Crippen LogP contribution in [0, 0.1) is 0 Å². The van der Waals surface area contributed by atoms with Gasteiger partial charge >= 0.3 is 0 Å². The van der Waals surface area contributed by atoms with Crippen molar-refractivity contribution >= 4 is 11.6 Å². The SMILES string of the molecule is CC(=O)N(C)c1ccccc1.CCC. The van der Waals surface area contributed by atoms with E-state index >= 15 is 0 Å². The van der Waals surface area contributed by atoms with Crippen LogP contribution < -0.4 is 4.90 Å². The number of para-hydroxylation sites is 1. The van der Waals surface area contributed by atoms with E-state index in [-0.39, 0.29) is 5.91 Å². The number of carbonyl (C=O) groups excluding carboxylic acids is 1. The first-order valence-electron chi connectivity index (χ1n) is 4.92. The third kappa shape index (κ3) is 4.65. The molecular formula is C12H19NO. The Bertz CT molecular complexity index is 256. The monoisotopic (exact) mass is 193 g/mol. The van der Waals surface area contributed by atoms with Crippen LogP contribution in [0.3, 0.4) is 0 Å². The number of hydrogen-bond donors (Lipinski definition) is 0. The van der Waals surface area contributed by atoms with Gasteiger partial charge in [-0.1, -0.05) is 38.5 Å². The predicted molar refractivity (Wildman–Crippen MR) is 61.5 cm³/mol. The van der Waals surface area contributed by atoms with E-state index < -0.39 is 0 Å². The maximum Gasteiger partial charge on any atom is 0.223 e. The van der Waals surface area contributed by atoms with Crippen molar-refractivity contribution in [2.24, 2.45) is 0 Å². The quantitative estimate of drug-likeness (QED) is 0.671. The molecule has 0 fully saturated rings. The van der Waals surface area contributed by atoms with Gasteiger partial charge < -0.3 is 4.90 Å². The molecule has 0 atom stereocenters. The van der Waals surface area contributed by atoms with E-state index in [4.69, 9.17) is 0 Å². The highest BCUT2D eigenvalue weighted by atomic mass is 16.2. The predicted octanol–water partition coefficient (Wildman–Crippen LogP) is 3.09. The largest absolute Gasteiger partial charge is 0.316 e. The van der Waals surface area contributed by atoms with Gasteiger partial charge in [0.05, 0.1) is 0 Å². The molecule has 0 aliphatic rings. The smallest absolute Gasteiger partial charge is 0.223 e. The normalized spacial score (nSPS) is 8.57. The maximum atomic E-state index is 10.9. The number of benzene rings is 1. The van der Waals surface area contributed by atoms with Crippen molar-refractivity contribution in [1.29, 1.82) is 0 Å². The van der Waals surface area contributed by atoms with Crippen LogP contribution in [0.1, 0.15) is 27.2 Å². The third-order valence-electron chi connectivity index (χ3n) is 1.62. The summed E-state index contributed by atoms with van der Waals surface area (Å²) in [5.74, 6) is 0.0520. The Kier molecular flexibility index (Phi) is 6.46. The Morgan fingerprint density at radius 1 is 1.21 bits per heavy atom. The summed E-state index contributed by atoms with van der Waals surface area (Å²) < 4.78 is 0. The first-order valence-corrected chi connectivity index (χ1v) is 4.92. The zero-order valence-corrected chi connectivity index (χ0v) is 9.45. The Labute approximate surface area is 86.5 Å². The molecule has 2 nitrogen and oxygen atoms in total. The minimum Gasteiger partial charge on any atom is -0.316 e. The van der Waals surface area contributed by atoms with Crippen molar-refractivity contribution in [2.75, 3.05) is 11.9 Å². The molecule has 1 aromatic rings. The van der Waals surface area contributed by atoms with Gasteiger partial charge in [0, 0.05) is 19.7 Å². The van der Waals surface area contributed by atoms with Crippen molar-refractivity contribution in [3.8, 4) is 0 Å². The maximum absolute atomic E-state index is 10.9. The van der Waals surface area contributed by atoms with Crippen LogP contribution >= 0.6 is 0 Å². The Hall–Kier alpha value is -1.31. The number of rotatable bonds is 1. The lowest BCUT2D eigenvalue weighted by Crippen LogP contribution is -2.22. The molecular weight excluding hydrogens is 174 g/mol. The molecule has 0 aliphatic carbocycles. The van der Waals surface area contributed by atoms with E-state index in [2.05, 4.69) is 13.8 Å². The Morgan fingerprint density at radius 3 is 2.00 bits per heavy atom. The number of anilines is 1. The van der Waals surface area contributed by atoms with Gasteiger partial charge in [0.15, 0.2) is 0 Å². The van der Waals surface area contributed by atoms with Crippen LogP contribution in [0.5, 0.6) is 0 Å². The second kappa shape index (κ2) is 7.13. The van der Waals surface area contributed by atoms with Gasteiger partial charge in [0.2, 0.25) is 5.91 Å². The van der Waals surface area contributed by atoms with Crippen LogP contribution in [-0.4, -0.2) is 13.0 Å². The van der Waals surface area contributed by atoms with E-state index in [1.165, 1.54) is 6.42 Å². The van der Waals surface area contributed by atoms with Crippen molar-refractivity contribution in [3.05, 3.63) is 30.3 Å². The fourth-order valence-corrected chi connectivity index (χ4v) is 0.833. The molecule has 0 unspecified atom stereocenters.